The summed E-state index contributed by atoms with van der Waals surface area (Å²) in [7, 11) is 3.35. The number of allylic oxidation sites excluding steroid dienone is 2. The number of carboxylic acids is 2. The number of rotatable bonds is 8. The molecule has 0 heterocycles. The maximum atomic E-state index is 12.8. The van der Waals surface area contributed by atoms with Crippen LogP contribution in [0.3, 0.4) is 0 Å². The topological polar surface area (TPSA) is 104 Å². The van der Waals surface area contributed by atoms with E-state index in [0.29, 0.717) is 12.8 Å². The van der Waals surface area contributed by atoms with Gasteiger partial charge in [0, 0.05) is 36.6 Å². The van der Waals surface area contributed by atoms with E-state index in [2.05, 4.69) is 0 Å². The van der Waals surface area contributed by atoms with E-state index in [0.717, 1.165) is 33.6 Å². The molecule has 34 heavy (non-hydrogen) atoms. The quantitative estimate of drug-likeness (QED) is 0.276. The minimum atomic E-state index is -1.14. The molecule has 0 aliphatic heterocycles. The number of aliphatic carboxylic acids is 2. The molecular weight excluding hydrogens is 454 g/mol. The van der Waals surface area contributed by atoms with Crippen molar-refractivity contribution < 1.29 is 83.7 Å². The third kappa shape index (κ3) is 8.41. The maximum absolute atomic E-state index is 12.8. The van der Waals surface area contributed by atoms with E-state index in [1.807, 2.05) is 60.7 Å². The summed E-state index contributed by atoms with van der Waals surface area (Å²) in [6.45, 7) is -0.387. The fraction of sp³-hybridized carbons (Fsp3) is 0.240. The van der Waals surface area contributed by atoms with Crippen LogP contribution >= 0.6 is 0 Å². The van der Waals surface area contributed by atoms with E-state index in [4.69, 9.17) is 0 Å². The average molecular weight is 478 g/mol. The first-order valence-electron chi connectivity index (χ1n) is 10.2. The molecule has 3 rings (SSSR count). The van der Waals surface area contributed by atoms with Gasteiger partial charge in [-0.3, -0.25) is 4.79 Å². The molecule has 9 heteroatoms. The number of carbonyl (C=O) groups excluding carboxylic acids is 3. The number of hydrogen-bond acceptors (Lipinski definition) is 7. The predicted molar refractivity (Wildman–Crippen MR) is 120 cm³/mol. The molecule has 166 valence electrons. The second-order valence-electron chi connectivity index (χ2n) is 7.81. The Hall–Kier alpha value is -1.87. The van der Waals surface area contributed by atoms with Crippen molar-refractivity contribution >= 4 is 41.2 Å². The van der Waals surface area contributed by atoms with Gasteiger partial charge in [-0.25, -0.2) is 0 Å². The number of likely N-dealkylation sites (N-methyl/N-ethyl adjacent to an activating group) is 2. The third-order valence-corrected chi connectivity index (χ3v) is 5.33. The molecule has 7 nitrogen and oxygen atoms in total. The molecule has 0 aromatic heterocycles. The minimum absolute atomic E-state index is 0. The monoisotopic (exact) mass is 478 g/mol. The molecule has 0 N–H and O–H groups in total. The standard InChI is InChI=1S/C25H26N2O5.2Na/c1-26(15-23(28)29)21-9-3-17(4-10-21)13-19-7-8-20(25(19)32)14-18-5-11-22(12-6-18)27(2)16-24(30)31;;/h3-6,9-14H,7-8,15-16H2,1-2H3,(H,28,29)(H,30,31);;/q;2*+1/p-2/b19-13+,20-14+;;. The summed E-state index contributed by atoms with van der Waals surface area (Å²) in [5.41, 5.74) is 4.72. The van der Waals surface area contributed by atoms with Crippen molar-refractivity contribution in [3.05, 3.63) is 70.8 Å². The molecule has 0 amide bonds. The van der Waals surface area contributed by atoms with Crippen LogP contribution in [-0.4, -0.2) is 44.9 Å². The Labute approximate surface area is 243 Å². The van der Waals surface area contributed by atoms with Crippen molar-refractivity contribution in [1.82, 2.24) is 0 Å². The van der Waals surface area contributed by atoms with E-state index in [1.165, 1.54) is 0 Å². The maximum Gasteiger partial charge on any atom is 1.00 e. The van der Waals surface area contributed by atoms with Crippen molar-refractivity contribution in [2.24, 2.45) is 0 Å². The average Bonchev–Trinajstić information content (AvgIpc) is 3.07. The molecule has 0 saturated heterocycles. The molecule has 1 aliphatic rings. The Morgan fingerprint density at radius 1 is 0.735 bits per heavy atom. The number of nitrogens with zero attached hydrogens (tertiary/aromatic N) is 2. The number of carboxylic acid groups (broad SMARTS) is 2. The Bertz CT molecular complexity index is 994. The van der Waals surface area contributed by atoms with Gasteiger partial charge in [0.25, 0.3) is 0 Å². The van der Waals surface area contributed by atoms with Crippen molar-refractivity contribution in [2.75, 3.05) is 37.0 Å². The summed E-state index contributed by atoms with van der Waals surface area (Å²) in [6, 6.07) is 14.6. The number of anilines is 2. The first-order valence-corrected chi connectivity index (χ1v) is 10.2. The van der Waals surface area contributed by atoms with E-state index in [1.54, 1.807) is 23.9 Å². The van der Waals surface area contributed by atoms with Crippen LogP contribution in [0, 0.1) is 0 Å². The van der Waals surface area contributed by atoms with Gasteiger partial charge in [-0.1, -0.05) is 24.3 Å². The van der Waals surface area contributed by atoms with Gasteiger partial charge in [-0.05, 0) is 60.4 Å². The first-order chi connectivity index (χ1) is 15.2. The van der Waals surface area contributed by atoms with Gasteiger partial charge in [-0.15, -0.1) is 0 Å². The number of carbonyl (C=O) groups is 3. The zero-order chi connectivity index (χ0) is 23.3. The van der Waals surface area contributed by atoms with E-state index in [-0.39, 0.29) is 78.0 Å². The summed E-state index contributed by atoms with van der Waals surface area (Å²) in [6.07, 6.45) is 5.04. The van der Waals surface area contributed by atoms with Crippen LogP contribution in [0.5, 0.6) is 0 Å². The van der Waals surface area contributed by atoms with Gasteiger partial charge in [0.1, 0.15) is 0 Å². The van der Waals surface area contributed by atoms with E-state index >= 15 is 0 Å². The summed E-state index contributed by atoms with van der Waals surface area (Å²) < 4.78 is 0. The minimum Gasteiger partial charge on any atom is -0.548 e. The molecule has 1 fully saturated rings. The Morgan fingerprint density at radius 2 is 1.06 bits per heavy atom. The molecular formula is C25H24N2Na2O5. The zero-order valence-corrected chi connectivity index (χ0v) is 24.0. The number of hydrogen-bond donors (Lipinski definition) is 0. The summed E-state index contributed by atoms with van der Waals surface area (Å²) in [4.78, 5) is 37.4. The first kappa shape index (κ1) is 30.2. The second-order valence-corrected chi connectivity index (χ2v) is 7.81. The second kappa shape index (κ2) is 13.9. The molecule has 1 saturated carbocycles. The largest absolute Gasteiger partial charge is 1.00 e. The number of benzene rings is 2. The summed E-state index contributed by atoms with van der Waals surface area (Å²) in [5.74, 6) is -2.27. The normalized spacial score (nSPS) is 14.9. The van der Waals surface area contributed by atoms with Crippen LogP contribution in [0.1, 0.15) is 24.0 Å². The number of Topliss-reactive ketones (excluding diaryl/α,β-unsaturated/α-hetero) is 1. The van der Waals surface area contributed by atoms with E-state index < -0.39 is 11.9 Å². The smallest absolute Gasteiger partial charge is 0.548 e. The molecule has 2 aromatic carbocycles. The predicted octanol–water partition coefficient (Wildman–Crippen LogP) is -5.10. The van der Waals surface area contributed by atoms with Gasteiger partial charge in [0.2, 0.25) is 0 Å². The van der Waals surface area contributed by atoms with Crippen LogP contribution in [0.25, 0.3) is 12.2 Å². The van der Waals surface area contributed by atoms with Crippen LogP contribution in [-0.2, 0) is 14.4 Å². The van der Waals surface area contributed by atoms with Crippen LogP contribution in [0.15, 0.2) is 59.7 Å². The van der Waals surface area contributed by atoms with Gasteiger partial charge in [0.05, 0.1) is 25.0 Å². The molecule has 0 atom stereocenters. The molecule has 0 bridgehead atoms. The molecule has 2 aromatic rings. The van der Waals surface area contributed by atoms with Gasteiger partial charge in [-0.2, -0.15) is 0 Å². The Balaban J connectivity index is 0.00000289. The van der Waals surface area contributed by atoms with Gasteiger partial charge >= 0.3 is 59.1 Å². The van der Waals surface area contributed by atoms with Crippen LogP contribution < -0.4 is 79.1 Å². The SMILES string of the molecule is CN(CC(=O)[O-])c1ccc(/C=C2\CC/C(=C\c3ccc(N(C)CC(=O)[O-])cc3)C2=O)cc1.[Na+].[Na+]. The zero-order valence-electron chi connectivity index (χ0n) is 20.0. The fourth-order valence-corrected chi connectivity index (χ4v) is 3.60. The summed E-state index contributed by atoms with van der Waals surface area (Å²) in [5, 5.41) is 21.5. The molecule has 0 radical (unpaired) electrons. The van der Waals surface area contributed by atoms with Crippen molar-refractivity contribution in [3.63, 3.8) is 0 Å². The van der Waals surface area contributed by atoms with Gasteiger partial charge in [0.15, 0.2) is 5.78 Å². The molecule has 0 unspecified atom stereocenters. The van der Waals surface area contributed by atoms with Gasteiger partial charge < -0.3 is 29.6 Å². The Kier molecular flexibility index (Phi) is 12.3. The summed E-state index contributed by atoms with van der Waals surface area (Å²) >= 11 is 0. The number of ketones is 1. The van der Waals surface area contributed by atoms with Crippen LogP contribution in [0.4, 0.5) is 11.4 Å². The van der Waals surface area contributed by atoms with Crippen molar-refractivity contribution in [2.45, 2.75) is 12.8 Å². The molecule has 0 spiro atoms. The van der Waals surface area contributed by atoms with Crippen molar-refractivity contribution in [1.29, 1.82) is 0 Å². The fourth-order valence-electron chi connectivity index (χ4n) is 3.60. The van der Waals surface area contributed by atoms with E-state index in [9.17, 15) is 24.6 Å². The van der Waals surface area contributed by atoms with Crippen LogP contribution in [0.2, 0.25) is 0 Å². The Morgan fingerprint density at radius 3 is 1.35 bits per heavy atom. The molecule has 1 aliphatic carbocycles. The van der Waals surface area contributed by atoms with Crippen molar-refractivity contribution in [3.8, 4) is 0 Å². The third-order valence-electron chi connectivity index (χ3n) is 5.33.